The molecule has 0 unspecified atom stereocenters. The van der Waals surface area contributed by atoms with Crippen LogP contribution < -0.4 is 14.8 Å². The number of hydrogen-bond acceptors (Lipinski definition) is 4. The molecule has 0 bridgehead atoms. The first-order chi connectivity index (χ1) is 10.9. The van der Waals surface area contributed by atoms with Gasteiger partial charge in [0.05, 0.1) is 25.1 Å². The Morgan fingerprint density at radius 3 is 2.16 bits per heavy atom. The maximum atomic E-state index is 13.1. The van der Waals surface area contributed by atoms with E-state index in [4.69, 9.17) is 9.47 Å². The maximum Gasteiger partial charge on any atom is 0.390 e. The van der Waals surface area contributed by atoms with Gasteiger partial charge < -0.3 is 14.8 Å². The Morgan fingerprint density at radius 2 is 1.68 bits per heavy atom. The zero-order valence-electron chi connectivity index (χ0n) is 13.9. The topological polar surface area (TPSA) is 33.7 Å². The van der Waals surface area contributed by atoms with Gasteiger partial charge in [-0.05, 0) is 28.1 Å². The van der Waals surface area contributed by atoms with Crippen molar-refractivity contribution in [2.75, 3.05) is 40.4 Å². The Balaban J connectivity index is 0.00000288. The van der Waals surface area contributed by atoms with Crippen LogP contribution in [0.1, 0.15) is 18.0 Å². The summed E-state index contributed by atoms with van der Waals surface area (Å²) in [5.41, 5.74) is 0.492. The number of methoxy groups -OCH3 is 2. The van der Waals surface area contributed by atoms with Gasteiger partial charge >= 0.3 is 6.18 Å². The molecule has 1 heterocycles. The number of piperazine rings is 1. The Kier molecular flexibility index (Phi) is 10.5. The van der Waals surface area contributed by atoms with Crippen LogP contribution in [0.4, 0.5) is 13.2 Å². The second kappa shape index (κ2) is 10.7. The predicted octanol–water partition coefficient (Wildman–Crippen LogP) is 4.21. The first kappa shape index (κ1) is 24.6. The number of alkyl halides is 3. The van der Waals surface area contributed by atoms with Crippen molar-refractivity contribution in [1.29, 1.82) is 0 Å². The van der Waals surface area contributed by atoms with Crippen LogP contribution in [0, 0.1) is 0 Å². The van der Waals surface area contributed by atoms with E-state index in [9.17, 15) is 13.2 Å². The predicted molar refractivity (Wildman–Crippen MR) is 99.6 cm³/mol. The average molecular weight is 470 g/mol. The van der Waals surface area contributed by atoms with Crippen LogP contribution in [-0.2, 0) is 0 Å². The van der Waals surface area contributed by atoms with Gasteiger partial charge in [-0.2, -0.15) is 13.2 Å². The summed E-state index contributed by atoms with van der Waals surface area (Å²) in [5.74, 6) is 0.911. The maximum absolute atomic E-state index is 13.1. The van der Waals surface area contributed by atoms with Crippen molar-refractivity contribution in [3.05, 3.63) is 22.2 Å². The van der Waals surface area contributed by atoms with E-state index in [-0.39, 0.29) is 24.8 Å². The van der Waals surface area contributed by atoms with Gasteiger partial charge in [-0.1, -0.05) is 0 Å². The summed E-state index contributed by atoms with van der Waals surface area (Å²) in [4.78, 5) is 1.84. The van der Waals surface area contributed by atoms with Crippen LogP contribution in [0.15, 0.2) is 16.6 Å². The van der Waals surface area contributed by atoms with E-state index < -0.39 is 18.6 Å². The molecular weight excluding hydrogens is 448 g/mol. The van der Waals surface area contributed by atoms with Crippen molar-refractivity contribution in [3.63, 3.8) is 0 Å². The highest BCUT2D eigenvalue weighted by atomic mass is 79.9. The standard InChI is InChI=1S/C15H20BrF3N2O2.2ClH/c1-22-13-8-11(16)14(23-2)7-10(13)12(9-15(17,18)19)21-5-3-20-4-6-21;;/h7-8,12,20H,3-6,9H2,1-2H3;2*1H/t12-;;/m0../s1. The molecule has 1 atom stereocenters. The van der Waals surface area contributed by atoms with Gasteiger partial charge in [-0.3, -0.25) is 4.90 Å². The molecule has 1 aliphatic heterocycles. The molecule has 1 aromatic rings. The van der Waals surface area contributed by atoms with Gasteiger partial charge in [-0.25, -0.2) is 0 Å². The van der Waals surface area contributed by atoms with Crippen LogP contribution in [0.25, 0.3) is 0 Å². The van der Waals surface area contributed by atoms with E-state index in [2.05, 4.69) is 21.2 Å². The number of hydrogen-bond donors (Lipinski definition) is 1. The summed E-state index contributed by atoms with van der Waals surface area (Å²) in [6.45, 7) is 2.46. The third kappa shape index (κ3) is 6.67. The molecule has 0 aliphatic carbocycles. The highest BCUT2D eigenvalue weighted by Gasteiger charge is 2.37. The third-order valence-corrected chi connectivity index (χ3v) is 4.50. The van der Waals surface area contributed by atoms with Crippen LogP contribution in [0.2, 0.25) is 0 Å². The SMILES string of the molecule is COc1cc([C@H](CC(F)(F)F)N2CCNCC2)c(OC)cc1Br.Cl.Cl. The fraction of sp³-hybridized carbons (Fsp3) is 0.600. The van der Waals surface area contributed by atoms with Crippen molar-refractivity contribution in [1.82, 2.24) is 10.2 Å². The van der Waals surface area contributed by atoms with Gasteiger partial charge in [-0.15, -0.1) is 24.8 Å². The summed E-state index contributed by atoms with van der Waals surface area (Å²) in [6, 6.07) is 2.48. The fourth-order valence-corrected chi connectivity index (χ4v) is 3.28. The van der Waals surface area contributed by atoms with Crippen LogP contribution in [0.3, 0.4) is 0 Å². The van der Waals surface area contributed by atoms with Gasteiger partial charge in [0.25, 0.3) is 0 Å². The van der Waals surface area contributed by atoms with Crippen molar-refractivity contribution < 1.29 is 22.6 Å². The molecule has 0 saturated carbocycles. The summed E-state index contributed by atoms with van der Waals surface area (Å²) >= 11 is 3.34. The highest BCUT2D eigenvalue weighted by Crippen LogP contribution is 2.42. The number of benzene rings is 1. The van der Waals surface area contributed by atoms with Crippen molar-refractivity contribution in [3.8, 4) is 11.5 Å². The van der Waals surface area contributed by atoms with Crippen molar-refractivity contribution in [2.24, 2.45) is 0 Å². The Bertz CT molecular complexity index is 544. The molecule has 1 aromatic carbocycles. The molecule has 10 heteroatoms. The van der Waals surface area contributed by atoms with Gasteiger partial charge in [0, 0.05) is 37.8 Å². The van der Waals surface area contributed by atoms with E-state index in [1.54, 1.807) is 12.1 Å². The second-order valence-corrected chi connectivity index (χ2v) is 6.20. The largest absolute Gasteiger partial charge is 0.496 e. The normalized spacial score (nSPS) is 16.4. The number of nitrogens with one attached hydrogen (secondary N) is 1. The van der Waals surface area contributed by atoms with Gasteiger partial charge in [0.1, 0.15) is 11.5 Å². The molecule has 1 aliphatic rings. The lowest BCUT2D eigenvalue weighted by molar-refractivity contribution is -0.148. The molecule has 25 heavy (non-hydrogen) atoms. The third-order valence-electron chi connectivity index (χ3n) is 3.88. The summed E-state index contributed by atoms with van der Waals surface area (Å²) < 4.78 is 50.6. The number of nitrogens with zero attached hydrogens (tertiary/aromatic N) is 1. The quantitative estimate of drug-likeness (QED) is 0.700. The molecule has 2 rings (SSSR count). The monoisotopic (exact) mass is 468 g/mol. The summed E-state index contributed by atoms with van der Waals surface area (Å²) in [5, 5.41) is 3.16. The lowest BCUT2D eigenvalue weighted by atomic mass is 9.99. The zero-order chi connectivity index (χ0) is 17.0. The second-order valence-electron chi connectivity index (χ2n) is 5.35. The molecule has 0 aromatic heterocycles. The van der Waals surface area contributed by atoms with Gasteiger partial charge in [0.15, 0.2) is 0 Å². The van der Waals surface area contributed by atoms with Gasteiger partial charge in [0.2, 0.25) is 0 Å². The van der Waals surface area contributed by atoms with Crippen molar-refractivity contribution in [2.45, 2.75) is 18.6 Å². The van der Waals surface area contributed by atoms with E-state index >= 15 is 0 Å². The molecule has 1 fully saturated rings. The van der Waals surface area contributed by atoms with E-state index in [1.165, 1.54) is 14.2 Å². The first-order valence-corrected chi connectivity index (χ1v) is 8.08. The molecule has 0 amide bonds. The molecule has 4 nitrogen and oxygen atoms in total. The van der Waals surface area contributed by atoms with Crippen LogP contribution >= 0.6 is 40.7 Å². The number of ether oxygens (including phenoxy) is 2. The molecular formula is C15H22BrCl2F3N2O2. The molecule has 1 N–H and O–H groups in total. The Morgan fingerprint density at radius 1 is 1.12 bits per heavy atom. The fourth-order valence-electron chi connectivity index (χ4n) is 2.79. The van der Waals surface area contributed by atoms with E-state index in [1.807, 2.05) is 4.90 Å². The Hall–Kier alpha value is -0.410. The van der Waals surface area contributed by atoms with Crippen molar-refractivity contribution >= 4 is 40.7 Å². The molecule has 0 spiro atoms. The lowest BCUT2D eigenvalue weighted by Gasteiger charge is -2.36. The minimum atomic E-state index is -4.26. The van der Waals surface area contributed by atoms with E-state index in [0.29, 0.717) is 47.7 Å². The van der Waals surface area contributed by atoms with Crippen LogP contribution in [0.5, 0.6) is 11.5 Å². The average Bonchev–Trinajstić information content (AvgIpc) is 2.52. The molecule has 146 valence electrons. The smallest absolute Gasteiger partial charge is 0.390 e. The molecule has 0 radical (unpaired) electrons. The minimum absolute atomic E-state index is 0. The highest BCUT2D eigenvalue weighted by molar-refractivity contribution is 9.10. The summed E-state index contributed by atoms with van der Waals surface area (Å²) in [7, 11) is 2.94. The Labute approximate surface area is 166 Å². The minimum Gasteiger partial charge on any atom is -0.496 e. The summed E-state index contributed by atoms with van der Waals surface area (Å²) in [6.07, 6.45) is -5.19. The first-order valence-electron chi connectivity index (χ1n) is 7.28. The zero-order valence-corrected chi connectivity index (χ0v) is 17.1. The lowest BCUT2D eigenvalue weighted by Crippen LogP contribution is -2.46. The molecule has 1 saturated heterocycles. The van der Waals surface area contributed by atoms with E-state index in [0.717, 1.165) is 0 Å². The number of rotatable bonds is 5. The number of halogens is 6. The van der Waals surface area contributed by atoms with Crippen LogP contribution in [-0.4, -0.2) is 51.5 Å².